The molecule has 0 radical (unpaired) electrons. The van der Waals surface area contributed by atoms with Crippen molar-refractivity contribution in [3.8, 4) is 0 Å². The SMILES string of the molecule is COC(=O)CCc1ccc(C2=C(OC)CN(c3cccc(CCN)c3)C2=O)cc1. The van der Waals surface area contributed by atoms with Crippen LogP contribution in [0.15, 0.2) is 54.3 Å². The lowest BCUT2D eigenvalue weighted by atomic mass is 10.0. The molecule has 0 saturated carbocycles. The smallest absolute Gasteiger partial charge is 0.305 e. The Hall–Kier alpha value is -3.12. The van der Waals surface area contributed by atoms with E-state index in [9.17, 15) is 9.59 Å². The number of esters is 1. The highest BCUT2D eigenvalue weighted by atomic mass is 16.5. The number of anilines is 1. The van der Waals surface area contributed by atoms with Gasteiger partial charge in [0.05, 0.1) is 26.3 Å². The molecule has 2 N–H and O–H groups in total. The Kier molecular flexibility index (Phi) is 6.67. The zero-order valence-corrected chi connectivity index (χ0v) is 16.8. The molecule has 0 bridgehead atoms. The highest BCUT2D eigenvalue weighted by Gasteiger charge is 2.33. The Balaban J connectivity index is 1.80. The van der Waals surface area contributed by atoms with Gasteiger partial charge in [-0.2, -0.15) is 0 Å². The van der Waals surface area contributed by atoms with Gasteiger partial charge in [0.2, 0.25) is 0 Å². The maximum Gasteiger partial charge on any atom is 0.305 e. The van der Waals surface area contributed by atoms with Crippen LogP contribution in [0.4, 0.5) is 5.69 Å². The van der Waals surface area contributed by atoms with Crippen molar-refractivity contribution in [2.24, 2.45) is 5.73 Å². The minimum absolute atomic E-state index is 0.0888. The van der Waals surface area contributed by atoms with Crippen molar-refractivity contribution in [1.82, 2.24) is 0 Å². The fourth-order valence-corrected chi connectivity index (χ4v) is 3.44. The number of methoxy groups -OCH3 is 2. The van der Waals surface area contributed by atoms with E-state index in [1.54, 1.807) is 12.0 Å². The lowest BCUT2D eigenvalue weighted by Gasteiger charge is -2.17. The monoisotopic (exact) mass is 394 g/mol. The number of carbonyl (C=O) groups excluding carboxylic acids is 2. The summed E-state index contributed by atoms with van der Waals surface area (Å²) >= 11 is 0. The van der Waals surface area contributed by atoms with E-state index in [4.69, 9.17) is 10.5 Å². The molecule has 6 heteroatoms. The van der Waals surface area contributed by atoms with Gasteiger partial charge in [-0.1, -0.05) is 36.4 Å². The fourth-order valence-electron chi connectivity index (χ4n) is 3.44. The Morgan fingerprint density at radius 1 is 1.07 bits per heavy atom. The molecule has 29 heavy (non-hydrogen) atoms. The van der Waals surface area contributed by atoms with Crippen molar-refractivity contribution in [3.63, 3.8) is 0 Å². The number of benzene rings is 2. The molecule has 2 aromatic carbocycles. The van der Waals surface area contributed by atoms with E-state index in [0.29, 0.717) is 37.3 Å². The van der Waals surface area contributed by atoms with Crippen LogP contribution in [0.3, 0.4) is 0 Å². The first kappa shape index (κ1) is 20.6. The molecule has 2 aromatic rings. The van der Waals surface area contributed by atoms with Gasteiger partial charge in [0.1, 0.15) is 5.76 Å². The van der Waals surface area contributed by atoms with Gasteiger partial charge < -0.3 is 20.1 Å². The van der Waals surface area contributed by atoms with Crippen molar-refractivity contribution in [1.29, 1.82) is 0 Å². The van der Waals surface area contributed by atoms with Crippen LogP contribution < -0.4 is 10.6 Å². The highest BCUT2D eigenvalue weighted by Crippen LogP contribution is 2.32. The third kappa shape index (κ3) is 4.66. The predicted molar refractivity (Wildman–Crippen MR) is 112 cm³/mol. The largest absolute Gasteiger partial charge is 0.498 e. The number of nitrogens with two attached hydrogens (primary N) is 1. The molecule has 6 nitrogen and oxygen atoms in total. The van der Waals surface area contributed by atoms with Crippen molar-refractivity contribution < 1.29 is 19.1 Å². The van der Waals surface area contributed by atoms with Gasteiger partial charge in [-0.05, 0) is 48.2 Å². The van der Waals surface area contributed by atoms with Crippen molar-refractivity contribution in [3.05, 3.63) is 71.0 Å². The molecule has 0 saturated heterocycles. The van der Waals surface area contributed by atoms with Gasteiger partial charge in [-0.15, -0.1) is 0 Å². The molecule has 0 fully saturated rings. The third-order valence-electron chi connectivity index (χ3n) is 5.03. The summed E-state index contributed by atoms with van der Waals surface area (Å²) in [4.78, 5) is 26.2. The van der Waals surface area contributed by atoms with Gasteiger partial charge in [-0.25, -0.2) is 0 Å². The number of rotatable bonds is 8. The summed E-state index contributed by atoms with van der Waals surface area (Å²) in [5, 5.41) is 0. The number of amides is 1. The van der Waals surface area contributed by atoms with Crippen LogP contribution >= 0.6 is 0 Å². The molecule has 0 atom stereocenters. The standard InChI is InChI=1S/C23H26N2O4/c1-28-20-15-25(19-5-3-4-17(14-19)12-13-24)23(27)22(20)18-9-6-16(7-10-18)8-11-21(26)29-2/h3-7,9-10,14H,8,11-13,15,24H2,1-2H3. The van der Waals surface area contributed by atoms with E-state index in [2.05, 4.69) is 4.74 Å². The summed E-state index contributed by atoms with van der Waals surface area (Å²) < 4.78 is 10.2. The fraction of sp³-hybridized carbons (Fsp3) is 0.304. The molecule has 0 spiro atoms. The van der Waals surface area contributed by atoms with Gasteiger partial charge >= 0.3 is 5.97 Å². The first-order valence-corrected chi connectivity index (χ1v) is 9.61. The minimum Gasteiger partial charge on any atom is -0.498 e. The van der Waals surface area contributed by atoms with Crippen LogP contribution in [-0.2, 0) is 31.9 Å². The van der Waals surface area contributed by atoms with E-state index in [-0.39, 0.29) is 11.9 Å². The summed E-state index contributed by atoms with van der Waals surface area (Å²) in [5.41, 5.74) is 9.96. The number of ether oxygens (including phenoxy) is 2. The molecule has 1 amide bonds. The van der Waals surface area contributed by atoms with E-state index in [1.165, 1.54) is 7.11 Å². The van der Waals surface area contributed by atoms with Crippen LogP contribution in [0.1, 0.15) is 23.1 Å². The topological polar surface area (TPSA) is 81.9 Å². The van der Waals surface area contributed by atoms with Crippen LogP contribution in [-0.4, -0.2) is 39.2 Å². The van der Waals surface area contributed by atoms with Gasteiger partial charge in [0, 0.05) is 12.1 Å². The van der Waals surface area contributed by atoms with Crippen LogP contribution in [0.25, 0.3) is 5.57 Å². The second kappa shape index (κ2) is 9.39. The molecular weight excluding hydrogens is 368 g/mol. The normalized spacial score (nSPS) is 13.8. The Morgan fingerprint density at radius 3 is 2.48 bits per heavy atom. The summed E-state index contributed by atoms with van der Waals surface area (Å²) in [6.07, 6.45) is 1.69. The molecule has 1 heterocycles. The predicted octanol–water partition coefficient (Wildman–Crippen LogP) is 2.70. The molecule has 1 aliphatic rings. The molecular formula is C23H26N2O4. The Bertz CT molecular complexity index is 919. The molecule has 3 rings (SSSR count). The Labute approximate surface area is 170 Å². The maximum absolute atomic E-state index is 13.2. The quantitative estimate of drug-likeness (QED) is 0.696. The first-order chi connectivity index (χ1) is 14.1. The average Bonchev–Trinajstić information content (AvgIpc) is 3.09. The second-order valence-corrected chi connectivity index (χ2v) is 6.88. The summed E-state index contributed by atoms with van der Waals surface area (Å²) in [7, 11) is 2.97. The van der Waals surface area contributed by atoms with E-state index in [0.717, 1.165) is 28.8 Å². The number of aryl methyl sites for hydroxylation is 1. The minimum atomic E-state index is -0.239. The van der Waals surface area contributed by atoms with Gasteiger partial charge in [0.15, 0.2) is 0 Å². The zero-order valence-electron chi connectivity index (χ0n) is 16.8. The third-order valence-corrected chi connectivity index (χ3v) is 5.03. The molecule has 0 aromatic heterocycles. The molecule has 0 aliphatic carbocycles. The lowest BCUT2D eigenvalue weighted by Crippen LogP contribution is -2.26. The average molecular weight is 394 g/mol. The number of hydrogen-bond donors (Lipinski definition) is 1. The van der Waals surface area contributed by atoms with Crippen LogP contribution in [0.2, 0.25) is 0 Å². The summed E-state index contributed by atoms with van der Waals surface area (Å²) in [6.45, 7) is 0.952. The van der Waals surface area contributed by atoms with Crippen molar-refractivity contribution in [2.75, 3.05) is 32.2 Å². The Morgan fingerprint density at radius 2 is 1.83 bits per heavy atom. The number of nitrogens with zero attached hydrogens (tertiary/aromatic N) is 1. The highest BCUT2D eigenvalue weighted by molar-refractivity contribution is 6.29. The summed E-state index contributed by atoms with van der Waals surface area (Å²) in [6, 6.07) is 15.5. The van der Waals surface area contributed by atoms with E-state index < -0.39 is 0 Å². The van der Waals surface area contributed by atoms with Crippen molar-refractivity contribution in [2.45, 2.75) is 19.3 Å². The van der Waals surface area contributed by atoms with E-state index >= 15 is 0 Å². The second-order valence-electron chi connectivity index (χ2n) is 6.88. The first-order valence-electron chi connectivity index (χ1n) is 9.61. The molecule has 0 unspecified atom stereocenters. The number of hydrogen-bond acceptors (Lipinski definition) is 5. The van der Waals surface area contributed by atoms with Crippen LogP contribution in [0, 0.1) is 0 Å². The molecule has 1 aliphatic heterocycles. The van der Waals surface area contributed by atoms with Gasteiger partial charge in [-0.3, -0.25) is 9.59 Å². The lowest BCUT2D eigenvalue weighted by molar-refractivity contribution is -0.140. The zero-order chi connectivity index (χ0) is 20.8. The number of carbonyl (C=O) groups is 2. The van der Waals surface area contributed by atoms with Crippen molar-refractivity contribution >= 4 is 23.1 Å². The molecule has 152 valence electrons. The van der Waals surface area contributed by atoms with Crippen LogP contribution in [0.5, 0.6) is 0 Å². The summed E-state index contributed by atoms with van der Waals surface area (Å²) in [5.74, 6) is 0.313. The van der Waals surface area contributed by atoms with Gasteiger partial charge in [0.25, 0.3) is 5.91 Å². The van der Waals surface area contributed by atoms with E-state index in [1.807, 2.05) is 48.5 Å². The maximum atomic E-state index is 13.2.